The van der Waals surface area contributed by atoms with Crippen LogP contribution in [0.1, 0.15) is 10.4 Å². The van der Waals surface area contributed by atoms with Gasteiger partial charge in [-0.2, -0.15) is 0 Å². The van der Waals surface area contributed by atoms with Gasteiger partial charge in [-0.3, -0.25) is 4.79 Å². The Bertz CT molecular complexity index is 823. The molecule has 3 rings (SSSR count). The molecule has 2 aromatic carbocycles. The molecule has 1 atom stereocenters. The van der Waals surface area contributed by atoms with Crippen LogP contribution in [0.15, 0.2) is 36.4 Å². The Labute approximate surface area is 161 Å². The smallest absolute Gasteiger partial charge is 0.257 e. The molecule has 6 nitrogen and oxygen atoms in total. The summed E-state index contributed by atoms with van der Waals surface area (Å²) < 4.78 is 49.1. The fourth-order valence-corrected chi connectivity index (χ4v) is 2.97. The highest BCUT2D eigenvalue weighted by atomic mass is 19.1. The third-order valence-corrected chi connectivity index (χ3v) is 4.38. The van der Waals surface area contributed by atoms with E-state index in [1.807, 2.05) is 0 Å². The van der Waals surface area contributed by atoms with Gasteiger partial charge in [0.05, 0.1) is 32.9 Å². The zero-order valence-electron chi connectivity index (χ0n) is 15.6. The molecule has 150 valence electrons. The van der Waals surface area contributed by atoms with E-state index < -0.39 is 23.6 Å². The molecule has 0 spiro atoms. The summed E-state index contributed by atoms with van der Waals surface area (Å²) in [4.78, 5) is 14.0. The van der Waals surface area contributed by atoms with Gasteiger partial charge in [-0.1, -0.05) is 6.07 Å². The van der Waals surface area contributed by atoms with Crippen molar-refractivity contribution in [2.75, 3.05) is 40.5 Å². The second-order valence-electron chi connectivity index (χ2n) is 6.17. The van der Waals surface area contributed by atoms with E-state index in [9.17, 15) is 13.6 Å². The van der Waals surface area contributed by atoms with Crippen molar-refractivity contribution in [3.8, 4) is 17.2 Å². The third kappa shape index (κ3) is 4.33. The molecule has 1 amide bonds. The van der Waals surface area contributed by atoms with Crippen LogP contribution in [0.3, 0.4) is 0 Å². The number of nitrogens with zero attached hydrogens (tertiary/aromatic N) is 1. The van der Waals surface area contributed by atoms with Crippen LogP contribution in [0.4, 0.5) is 8.78 Å². The van der Waals surface area contributed by atoms with Crippen LogP contribution in [-0.2, 0) is 4.74 Å². The Morgan fingerprint density at radius 2 is 1.89 bits per heavy atom. The Balaban J connectivity index is 1.67. The summed E-state index contributed by atoms with van der Waals surface area (Å²) in [5, 5.41) is 0. The van der Waals surface area contributed by atoms with E-state index in [1.54, 1.807) is 18.2 Å². The maximum Gasteiger partial charge on any atom is 0.257 e. The molecule has 2 aromatic rings. The van der Waals surface area contributed by atoms with E-state index in [2.05, 4.69) is 0 Å². The van der Waals surface area contributed by atoms with Crippen LogP contribution in [-0.4, -0.2) is 57.4 Å². The zero-order valence-corrected chi connectivity index (χ0v) is 15.6. The Morgan fingerprint density at radius 1 is 1.18 bits per heavy atom. The average molecular weight is 393 g/mol. The van der Waals surface area contributed by atoms with Gasteiger partial charge >= 0.3 is 0 Å². The van der Waals surface area contributed by atoms with Gasteiger partial charge in [0.1, 0.15) is 24.3 Å². The number of rotatable bonds is 6. The van der Waals surface area contributed by atoms with E-state index >= 15 is 0 Å². The maximum absolute atomic E-state index is 13.9. The van der Waals surface area contributed by atoms with Crippen LogP contribution in [0.2, 0.25) is 0 Å². The van der Waals surface area contributed by atoms with Crippen LogP contribution in [0, 0.1) is 11.6 Å². The molecule has 1 saturated heterocycles. The number of carbonyl (C=O) groups excluding carboxylic acids is 1. The molecule has 0 aliphatic carbocycles. The molecule has 28 heavy (non-hydrogen) atoms. The van der Waals surface area contributed by atoms with E-state index in [1.165, 1.54) is 19.1 Å². The third-order valence-electron chi connectivity index (χ3n) is 4.38. The van der Waals surface area contributed by atoms with Gasteiger partial charge in [-0.05, 0) is 24.3 Å². The van der Waals surface area contributed by atoms with Crippen molar-refractivity contribution in [1.29, 1.82) is 0 Å². The number of amides is 1. The molecule has 0 radical (unpaired) electrons. The summed E-state index contributed by atoms with van der Waals surface area (Å²) in [7, 11) is 3.05. The van der Waals surface area contributed by atoms with E-state index in [-0.39, 0.29) is 25.3 Å². The number of halogens is 2. The molecule has 1 unspecified atom stereocenters. The summed E-state index contributed by atoms with van der Waals surface area (Å²) in [6.45, 7) is 0.954. The highest BCUT2D eigenvalue weighted by molar-refractivity contribution is 5.94. The van der Waals surface area contributed by atoms with Crippen molar-refractivity contribution >= 4 is 5.91 Å². The highest BCUT2D eigenvalue weighted by Gasteiger charge is 2.27. The standard InChI is InChI=1S/C20H21F2NO5/c1-25-17-4-3-5-18(26-2)19(17)28-12-14-11-23(8-9-27-14)20(24)15-7-6-13(21)10-16(15)22/h3-7,10,14H,8-9,11-12H2,1-2H3. The SMILES string of the molecule is COc1cccc(OC)c1OCC1CN(C(=O)c2ccc(F)cc2F)CCO1. The van der Waals surface area contributed by atoms with E-state index in [0.717, 1.165) is 12.1 Å². The monoisotopic (exact) mass is 393 g/mol. The topological polar surface area (TPSA) is 57.2 Å². The molecule has 1 aliphatic rings. The van der Waals surface area contributed by atoms with Crippen LogP contribution < -0.4 is 14.2 Å². The number of morpholine rings is 1. The molecule has 1 fully saturated rings. The predicted molar refractivity (Wildman–Crippen MR) is 97.0 cm³/mol. The van der Waals surface area contributed by atoms with E-state index in [4.69, 9.17) is 18.9 Å². The number of hydrogen-bond donors (Lipinski definition) is 0. The molecular weight excluding hydrogens is 372 g/mol. The lowest BCUT2D eigenvalue weighted by molar-refractivity contribution is -0.0407. The second-order valence-corrected chi connectivity index (χ2v) is 6.17. The number of para-hydroxylation sites is 1. The van der Waals surface area contributed by atoms with Crippen LogP contribution in [0.5, 0.6) is 17.2 Å². The summed E-state index contributed by atoms with van der Waals surface area (Å²) in [5.41, 5.74) is -0.172. The first-order valence-electron chi connectivity index (χ1n) is 8.73. The van der Waals surface area contributed by atoms with Crippen LogP contribution >= 0.6 is 0 Å². The minimum absolute atomic E-state index is 0.145. The van der Waals surface area contributed by atoms with Gasteiger partial charge in [0.25, 0.3) is 5.91 Å². The molecule has 1 aliphatic heterocycles. The second kappa shape index (κ2) is 8.88. The maximum atomic E-state index is 13.9. The lowest BCUT2D eigenvalue weighted by atomic mass is 10.1. The minimum Gasteiger partial charge on any atom is -0.493 e. The van der Waals surface area contributed by atoms with Gasteiger partial charge in [-0.15, -0.1) is 0 Å². The van der Waals surface area contributed by atoms with E-state index in [0.29, 0.717) is 29.9 Å². The predicted octanol–water partition coefficient (Wildman–Crippen LogP) is 2.90. The lowest BCUT2D eigenvalue weighted by Crippen LogP contribution is -2.47. The van der Waals surface area contributed by atoms with Gasteiger partial charge in [0, 0.05) is 12.6 Å². The van der Waals surface area contributed by atoms with Crippen LogP contribution in [0.25, 0.3) is 0 Å². The quantitative estimate of drug-likeness (QED) is 0.756. The zero-order chi connectivity index (χ0) is 20.1. The molecular formula is C20H21F2NO5. The van der Waals surface area contributed by atoms with Gasteiger partial charge in [0.2, 0.25) is 5.75 Å². The number of hydrogen-bond acceptors (Lipinski definition) is 5. The molecule has 0 aromatic heterocycles. The summed E-state index contributed by atoms with van der Waals surface area (Å²) in [5.74, 6) is -0.672. The number of ether oxygens (including phenoxy) is 4. The van der Waals surface area contributed by atoms with Crippen molar-refractivity contribution in [2.24, 2.45) is 0 Å². The van der Waals surface area contributed by atoms with Crippen molar-refractivity contribution < 1.29 is 32.5 Å². The Kier molecular flexibility index (Phi) is 6.30. The normalized spacial score (nSPS) is 16.6. The van der Waals surface area contributed by atoms with Crippen molar-refractivity contribution in [2.45, 2.75) is 6.10 Å². The molecule has 0 N–H and O–H groups in total. The largest absolute Gasteiger partial charge is 0.493 e. The molecule has 8 heteroatoms. The Hall–Kier alpha value is -2.87. The van der Waals surface area contributed by atoms with Gasteiger partial charge in [-0.25, -0.2) is 8.78 Å². The molecule has 1 heterocycles. The first kappa shape index (κ1) is 19.9. The number of carbonyl (C=O) groups is 1. The first-order chi connectivity index (χ1) is 13.5. The first-order valence-corrected chi connectivity index (χ1v) is 8.73. The summed E-state index contributed by atoms with van der Waals surface area (Å²) >= 11 is 0. The fraction of sp³-hybridized carbons (Fsp3) is 0.350. The lowest BCUT2D eigenvalue weighted by Gasteiger charge is -2.33. The summed E-state index contributed by atoms with van der Waals surface area (Å²) in [6.07, 6.45) is -0.421. The van der Waals surface area contributed by atoms with Crippen molar-refractivity contribution in [1.82, 2.24) is 4.90 Å². The average Bonchev–Trinajstić information content (AvgIpc) is 2.71. The summed E-state index contributed by atoms with van der Waals surface area (Å²) in [6, 6.07) is 8.17. The number of methoxy groups -OCH3 is 2. The van der Waals surface area contributed by atoms with Gasteiger partial charge < -0.3 is 23.8 Å². The van der Waals surface area contributed by atoms with Gasteiger partial charge in [0.15, 0.2) is 11.5 Å². The van der Waals surface area contributed by atoms with Crippen molar-refractivity contribution in [3.63, 3.8) is 0 Å². The number of benzene rings is 2. The Morgan fingerprint density at radius 3 is 2.54 bits per heavy atom. The molecule has 0 bridgehead atoms. The fourth-order valence-electron chi connectivity index (χ4n) is 2.97. The minimum atomic E-state index is -0.886. The van der Waals surface area contributed by atoms with Crippen molar-refractivity contribution in [3.05, 3.63) is 53.6 Å². The molecule has 0 saturated carbocycles. The highest BCUT2D eigenvalue weighted by Crippen LogP contribution is 2.36.